The van der Waals surface area contributed by atoms with E-state index >= 15 is 0 Å². The summed E-state index contributed by atoms with van der Waals surface area (Å²) >= 11 is 0. The summed E-state index contributed by atoms with van der Waals surface area (Å²) < 4.78 is 0. The number of carbonyl (C=O) groups excluding carboxylic acids is 1. The van der Waals surface area contributed by atoms with Crippen LogP contribution < -0.4 is 0 Å². The number of carbonyl (C=O) groups is 1. The van der Waals surface area contributed by atoms with E-state index in [1.165, 1.54) is 0 Å². The van der Waals surface area contributed by atoms with Crippen LogP contribution in [0.25, 0.3) is 0 Å². The van der Waals surface area contributed by atoms with Crippen LogP contribution in [0.2, 0.25) is 0 Å². The molecule has 0 amide bonds. The molecule has 0 N–H and O–H groups in total. The second-order valence-corrected chi connectivity index (χ2v) is 0.575. The van der Waals surface area contributed by atoms with Crippen LogP contribution in [0.4, 0.5) is 0 Å². The van der Waals surface area contributed by atoms with Gasteiger partial charge >= 0.3 is 0 Å². The summed E-state index contributed by atoms with van der Waals surface area (Å²) in [6.07, 6.45) is 1.51. The quantitative estimate of drug-likeness (QED) is 0.481. The van der Waals surface area contributed by atoms with E-state index in [2.05, 4.69) is 0 Å². The number of hydrogen-bond acceptors (Lipinski definition) is 1. The molecule has 0 bridgehead atoms. The molecular weight excluding hydrogens is 231 g/mol. The van der Waals surface area contributed by atoms with Gasteiger partial charge in [0.05, 0.1) is 0 Å². The fourth-order valence-corrected chi connectivity index (χ4v) is 0. The Bertz CT molecular complexity index is 20.9. The van der Waals surface area contributed by atoms with Gasteiger partial charge in [0, 0.05) is 32.3 Å². The Morgan fingerprint density at radius 2 is 2.00 bits per heavy atom. The van der Waals surface area contributed by atoms with Crippen molar-refractivity contribution in [3.63, 3.8) is 0 Å². The average molecular weight is 237 g/mol. The molecule has 0 unspecified atom stereocenters. The molecule has 2 heteroatoms. The normalized spacial score (nSPS) is 5.00. The Morgan fingerprint density at radius 1 is 1.80 bits per heavy atom. The third-order valence-electron chi connectivity index (χ3n) is 0.167. The maximum atomic E-state index is 9.17. The maximum absolute atomic E-state index is 9.17. The Balaban J connectivity index is 0. The van der Waals surface area contributed by atoms with Crippen molar-refractivity contribution in [3.8, 4) is 0 Å². The van der Waals surface area contributed by atoms with E-state index in [1.54, 1.807) is 0 Å². The topological polar surface area (TPSA) is 17.1 Å². The summed E-state index contributed by atoms with van der Waals surface area (Å²) in [6.45, 7) is 1.81. The second kappa shape index (κ2) is 8.82. The van der Waals surface area contributed by atoms with Crippen molar-refractivity contribution in [2.75, 3.05) is 0 Å². The predicted molar refractivity (Wildman–Crippen MR) is 16.4 cm³/mol. The summed E-state index contributed by atoms with van der Waals surface area (Å²) in [5.74, 6) is 0. The SMILES string of the molecule is CCC=O.[Hf]. The molecule has 0 aromatic rings. The summed E-state index contributed by atoms with van der Waals surface area (Å²) in [4.78, 5) is 9.17. The van der Waals surface area contributed by atoms with Gasteiger partial charge in [0.2, 0.25) is 0 Å². The first-order valence-electron chi connectivity index (χ1n) is 1.35. The molecule has 0 aliphatic carbocycles. The van der Waals surface area contributed by atoms with E-state index in [1.807, 2.05) is 6.92 Å². The second-order valence-electron chi connectivity index (χ2n) is 0.575. The van der Waals surface area contributed by atoms with Crippen LogP contribution in [0.1, 0.15) is 13.3 Å². The van der Waals surface area contributed by atoms with Crippen molar-refractivity contribution >= 4 is 6.29 Å². The van der Waals surface area contributed by atoms with Crippen molar-refractivity contribution in [1.82, 2.24) is 0 Å². The number of aldehydes is 1. The van der Waals surface area contributed by atoms with Gasteiger partial charge in [-0.3, -0.25) is 0 Å². The van der Waals surface area contributed by atoms with E-state index in [-0.39, 0.29) is 25.8 Å². The van der Waals surface area contributed by atoms with Gasteiger partial charge in [-0.2, -0.15) is 0 Å². The molecule has 5 heavy (non-hydrogen) atoms. The molecule has 0 aliphatic rings. The zero-order valence-corrected chi connectivity index (χ0v) is 6.79. The fraction of sp³-hybridized carbons (Fsp3) is 0.667. The van der Waals surface area contributed by atoms with Crippen molar-refractivity contribution in [2.24, 2.45) is 0 Å². The maximum Gasteiger partial charge on any atom is 0.119 e. The molecule has 1 nitrogen and oxygen atoms in total. The van der Waals surface area contributed by atoms with Crippen LogP contribution in [0.5, 0.6) is 0 Å². The molecule has 0 saturated heterocycles. The van der Waals surface area contributed by atoms with Crippen molar-refractivity contribution in [3.05, 3.63) is 0 Å². The monoisotopic (exact) mass is 238 g/mol. The summed E-state index contributed by atoms with van der Waals surface area (Å²) in [5, 5.41) is 0. The van der Waals surface area contributed by atoms with Crippen LogP contribution in [0, 0.1) is 0 Å². The van der Waals surface area contributed by atoms with E-state index in [4.69, 9.17) is 0 Å². The van der Waals surface area contributed by atoms with Crippen molar-refractivity contribution in [1.29, 1.82) is 0 Å². The zero-order chi connectivity index (χ0) is 3.41. The minimum absolute atomic E-state index is 0. The molecule has 0 heterocycles. The number of hydrogen-bond donors (Lipinski definition) is 0. The molecule has 0 radical (unpaired) electrons. The molecule has 0 rings (SSSR count). The molecule has 0 fully saturated rings. The van der Waals surface area contributed by atoms with E-state index < -0.39 is 0 Å². The van der Waals surface area contributed by atoms with Crippen LogP contribution in [0.15, 0.2) is 0 Å². The summed E-state index contributed by atoms with van der Waals surface area (Å²) in [5.41, 5.74) is 0. The van der Waals surface area contributed by atoms with Gasteiger partial charge < -0.3 is 4.79 Å². The largest absolute Gasteiger partial charge is 0.303 e. The standard InChI is InChI=1S/C3H6O.Hf/c1-2-3-4;/h3H,2H2,1H3;. The number of rotatable bonds is 1. The minimum atomic E-state index is 0. The van der Waals surface area contributed by atoms with Crippen LogP contribution in [0.3, 0.4) is 0 Å². The van der Waals surface area contributed by atoms with E-state index in [0.717, 1.165) is 6.29 Å². The van der Waals surface area contributed by atoms with Crippen LogP contribution >= 0.6 is 0 Å². The first-order valence-corrected chi connectivity index (χ1v) is 1.35. The molecule has 0 aromatic heterocycles. The van der Waals surface area contributed by atoms with Crippen LogP contribution in [-0.2, 0) is 30.6 Å². The van der Waals surface area contributed by atoms with Gasteiger partial charge in [0.1, 0.15) is 6.29 Å². The molecule has 0 spiro atoms. The third kappa shape index (κ3) is 12.3. The Hall–Kier alpha value is 0.540. The molecule has 0 saturated carbocycles. The third-order valence-corrected chi connectivity index (χ3v) is 0.167. The van der Waals surface area contributed by atoms with E-state index in [9.17, 15) is 4.79 Å². The average Bonchev–Trinajstić information content (AvgIpc) is 1.37. The first kappa shape index (κ1) is 9.11. The van der Waals surface area contributed by atoms with Gasteiger partial charge in [-0.1, -0.05) is 6.92 Å². The Morgan fingerprint density at radius 3 is 2.00 bits per heavy atom. The molecule has 0 aromatic carbocycles. The molecule has 28 valence electrons. The molecular formula is C3H6HfO. The minimum Gasteiger partial charge on any atom is -0.303 e. The van der Waals surface area contributed by atoms with Crippen molar-refractivity contribution < 1.29 is 30.6 Å². The molecule has 0 atom stereocenters. The van der Waals surface area contributed by atoms with Gasteiger partial charge in [-0.15, -0.1) is 0 Å². The first-order chi connectivity index (χ1) is 1.91. The van der Waals surface area contributed by atoms with Crippen LogP contribution in [-0.4, -0.2) is 6.29 Å². The zero-order valence-electron chi connectivity index (χ0n) is 3.19. The van der Waals surface area contributed by atoms with Gasteiger partial charge in [-0.05, 0) is 0 Å². The van der Waals surface area contributed by atoms with E-state index in [0.29, 0.717) is 6.42 Å². The van der Waals surface area contributed by atoms with Gasteiger partial charge in [0.15, 0.2) is 0 Å². The summed E-state index contributed by atoms with van der Waals surface area (Å²) in [7, 11) is 0. The Kier molecular flexibility index (Phi) is 16.1. The molecule has 0 aliphatic heterocycles. The predicted octanol–water partition coefficient (Wildman–Crippen LogP) is 0.593. The smallest absolute Gasteiger partial charge is 0.119 e. The Labute approximate surface area is 50.5 Å². The van der Waals surface area contributed by atoms with Crippen molar-refractivity contribution in [2.45, 2.75) is 13.3 Å². The fourth-order valence-electron chi connectivity index (χ4n) is 0. The van der Waals surface area contributed by atoms with Gasteiger partial charge in [0.25, 0.3) is 0 Å². The van der Waals surface area contributed by atoms with Gasteiger partial charge in [-0.25, -0.2) is 0 Å². The summed E-state index contributed by atoms with van der Waals surface area (Å²) in [6, 6.07) is 0.